The average Bonchev–Trinajstić information content (AvgIpc) is 3.04. The number of hydrogen-bond donors (Lipinski definition) is 1. The van der Waals surface area contributed by atoms with Crippen LogP contribution in [0.25, 0.3) is 0 Å². The Bertz CT molecular complexity index is 835. The number of fused-ring (bicyclic) bond motifs is 1. The summed E-state index contributed by atoms with van der Waals surface area (Å²) in [7, 11) is 1.84. The topological polar surface area (TPSA) is 65.4 Å². The van der Waals surface area contributed by atoms with Gasteiger partial charge in [0.05, 0.1) is 11.3 Å². The first-order valence-corrected chi connectivity index (χ1v) is 8.81. The van der Waals surface area contributed by atoms with E-state index in [1.165, 1.54) is 6.42 Å². The molecule has 25 heavy (non-hydrogen) atoms. The van der Waals surface area contributed by atoms with Crippen molar-refractivity contribution in [1.29, 1.82) is 0 Å². The van der Waals surface area contributed by atoms with E-state index in [1.807, 2.05) is 39.1 Å². The van der Waals surface area contributed by atoms with Crippen LogP contribution in [0.3, 0.4) is 0 Å². The van der Waals surface area contributed by atoms with Crippen molar-refractivity contribution >= 4 is 11.6 Å². The number of nitrogens with zero attached hydrogens (tertiary/aromatic N) is 2. The predicted molar refractivity (Wildman–Crippen MR) is 94.1 cm³/mol. The maximum Gasteiger partial charge on any atom is 0.259 e. The van der Waals surface area contributed by atoms with Crippen LogP contribution in [-0.4, -0.2) is 21.5 Å². The number of amides is 1. The van der Waals surface area contributed by atoms with Gasteiger partial charge in [0, 0.05) is 37.3 Å². The van der Waals surface area contributed by atoms with Crippen molar-refractivity contribution < 1.29 is 14.3 Å². The number of benzene rings is 1. The first-order valence-electron chi connectivity index (χ1n) is 8.81. The molecule has 1 fully saturated rings. The standard InChI is InChI=1S/C19H23N3O3/c1-12-17(13(2)22(3)21-12)18(23)20-14-7-8-15-16(11-14)25-19(24-15)9-5-4-6-10-19/h7-8,11H,4-6,9-10H2,1-3H3,(H,20,23). The monoisotopic (exact) mass is 341 g/mol. The minimum Gasteiger partial charge on any atom is -0.448 e. The van der Waals surface area contributed by atoms with Crippen LogP contribution in [0.15, 0.2) is 18.2 Å². The fraction of sp³-hybridized carbons (Fsp3) is 0.474. The van der Waals surface area contributed by atoms with Crippen molar-refractivity contribution in [3.8, 4) is 11.5 Å². The first kappa shape index (κ1) is 16.0. The summed E-state index contributed by atoms with van der Waals surface area (Å²) in [6, 6.07) is 5.57. The molecule has 1 aromatic heterocycles. The fourth-order valence-corrected chi connectivity index (χ4v) is 3.76. The Morgan fingerprint density at radius 1 is 1.16 bits per heavy atom. The van der Waals surface area contributed by atoms with Gasteiger partial charge in [-0.1, -0.05) is 6.42 Å². The van der Waals surface area contributed by atoms with Crippen LogP contribution < -0.4 is 14.8 Å². The zero-order chi connectivity index (χ0) is 17.6. The number of aryl methyl sites for hydroxylation is 2. The van der Waals surface area contributed by atoms with Crippen molar-refractivity contribution in [1.82, 2.24) is 9.78 Å². The largest absolute Gasteiger partial charge is 0.448 e. The number of carbonyl (C=O) groups is 1. The minimum atomic E-state index is -0.500. The van der Waals surface area contributed by atoms with E-state index in [-0.39, 0.29) is 5.91 Å². The van der Waals surface area contributed by atoms with Crippen molar-refractivity contribution in [2.75, 3.05) is 5.32 Å². The average molecular weight is 341 g/mol. The van der Waals surface area contributed by atoms with Gasteiger partial charge in [0.15, 0.2) is 11.5 Å². The molecule has 2 heterocycles. The highest BCUT2D eigenvalue weighted by Gasteiger charge is 2.42. The predicted octanol–water partition coefficient (Wildman–Crippen LogP) is 3.72. The van der Waals surface area contributed by atoms with Crippen LogP contribution in [0.5, 0.6) is 11.5 Å². The summed E-state index contributed by atoms with van der Waals surface area (Å²) in [5.41, 5.74) is 2.88. The number of carbonyl (C=O) groups excluding carboxylic acids is 1. The molecule has 2 aliphatic rings. The first-order chi connectivity index (χ1) is 12.0. The summed E-state index contributed by atoms with van der Waals surface area (Å²) < 4.78 is 13.9. The highest BCUT2D eigenvalue weighted by atomic mass is 16.7. The molecule has 0 radical (unpaired) electrons. The van der Waals surface area contributed by atoms with Gasteiger partial charge in [0.25, 0.3) is 11.7 Å². The second-order valence-corrected chi connectivity index (χ2v) is 6.96. The van der Waals surface area contributed by atoms with Crippen LogP contribution >= 0.6 is 0 Å². The number of aromatic nitrogens is 2. The van der Waals surface area contributed by atoms with Gasteiger partial charge in [-0.05, 0) is 38.8 Å². The third kappa shape index (κ3) is 2.75. The van der Waals surface area contributed by atoms with Gasteiger partial charge in [0.2, 0.25) is 0 Å². The Labute approximate surface area is 147 Å². The Morgan fingerprint density at radius 2 is 1.88 bits per heavy atom. The Morgan fingerprint density at radius 3 is 2.56 bits per heavy atom. The van der Waals surface area contributed by atoms with Gasteiger partial charge in [-0.15, -0.1) is 0 Å². The van der Waals surface area contributed by atoms with Gasteiger partial charge in [-0.25, -0.2) is 0 Å². The molecule has 2 aromatic rings. The summed E-state index contributed by atoms with van der Waals surface area (Å²) >= 11 is 0. The third-order valence-corrected chi connectivity index (χ3v) is 5.14. The maximum absolute atomic E-state index is 12.6. The molecule has 1 aliphatic carbocycles. The van der Waals surface area contributed by atoms with E-state index < -0.39 is 5.79 Å². The van der Waals surface area contributed by atoms with E-state index in [0.29, 0.717) is 17.0 Å². The van der Waals surface area contributed by atoms with Crippen molar-refractivity contribution in [2.45, 2.75) is 51.7 Å². The van der Waals surface area contributed by atoms with Crippen LogP contribution in [0.4, 0.5) is 5.69 Å². The molecular weight excluding hydrogens is 318 g/mol. The molecule has 6 nitrogen and oxygen atoms in total. The Hall–Kier alpha value is -2.50. The molecule has 1 aromatic carbocycles. The van der Waals surface area contributed by atoms with Crippen molar-refractivity contribution in [3.05, 3.63) is 35.2 Å². The smallest absolute Gasteiger partial charge is 0.259 e. The molecule has 0 bridgehead atoms. The van der Waals surface area contributed by atoms with Gasteiger partial charge < -0.3 is 14.8 Å². The van der Waals surface area contributed by atoms with E-state index in [4.69, 9.17) is 9.47 Å². The van der Waals surface area contributed by atoms with Crippen LogP contribution in [0, 0.1) is 13.8 Å². The van der Waals surface area contributed by atoms with Crippen LogP contribution in [0.2, 0.25) is 0 Å². The van der Waals surface area contributed by atoms with E-state index in [2.05, 4.69) is 10.4 Å². The molecule has 4 rings (SSSR count). The van der Waals surface area contributed by atoms with Crippen LogP contribution in [0.1, 0.15) is 53.8 Å². The van der Waals surface area contributed by atoms with Gasteiger partial charge >= 0.3 is 0 Å². The second-order valence-electron chi connectivity index (χ2n) is 6.96. The number of ether oxygens (including phenoxy) is 2. The Kier molecular flexibility index (Phi) is 3.71. The van der Waals surface area contributed by atoms with Gasteiger partial charge in [-0.2, -0.15) is 5.10 Å². The highest BCUT2D eigenvalue weighted by molar-refractivity contribution is 6.06. The SMILES string of the molecule is Cc1nn(C)c(C)c1C(=O)Nc1ccc2c(c1)OC1(CCCCC1)O2. The normalized spacial score (nSPS) is 17.7. The highest BCUT2D eigenvalue weighted by Crippen LogP contribution is 2.46. The van der Waals surface area contributed by atoms with Crippen molar-refractivity contribution in [2.24, 2.45) is 7.05 Å². The minimum absolute atomic E-state index is 0.158. The summed E-state index contributed by atoms with van der Waals surface area (Å²) in [5.74, 6) is 0.807. The molecule has 132 valence electrons. The molecule has 0 atom stereocenters. The lowest BCUT2D eigenvalue weighted by atomic mass is 9.94. The summed E-state index contributed by atoms with van der Waals surface area (Å²) in [4.78, 5) is 12.6. The lowest BCUT2D eigenvalue weighted by Crippen LogP contribution is -2.40. The summed E-state index contributed by atoms with van der Waals surface area (Å²) in [6.45, 7) is 3.73. The van der Waals surface area contributed by atoms with E-state index >= 15 is 0 Å². The molecule has 1 N–H and O–H groups in total. The molecule has 0 saturated heterocycles. The lowest BCUT2D eigenvalue weighted by molar-refractivity contribution is -0.105. The van der Waals surface area contributed by atoms with Crippen molar-refractivity contribution in [3.63, 3.8) is 0 Å². The number of rotatable bonds is 2. The second kappa shape index (κ2) is 5.79. The van der Waals surface area contributed by atoms with E-state index in [1.54, 1.807) is 4.68 Å². The maximum atomic E-state index is 12.6. The van der Waals surface area contributed by atoms with Gasteiger partial charge in [0.1, 0.15) is 0 Å². The fourth-order valence-electron chi connectivity index (χ4n) is 3.76. The van der Waals surface area contributed by atoms with Crippen LogP contribution in [-0.2, 0) is 7.05 Å². The van der Waals surface area contributed by atoms with E-state index in [9.17, 15) is 4.79 Å². The number of hydrogen-bond acceptors (Lipinski definition) is 4. The zero-order valence-corrected chi connectivity index (χ0v) is 14.9. The molecule has 1 saturated carbocycles. The molecule has 1 aliphatic heterocycles. The molecule has 6 heteroatoms. The summed E-state index contributed by atoms with van der Waals surface area (Å²) in [6.07, 6.45) is 5.30. The molecule has 0 unspecified atom stereocenters. The molecule has 1 spiro atoms. The number of nitrogens with one attached hydrogen (secondary N) is 1. The lowest BCUT2D eigenvalue weighted by Gasteiger charge is -2.31. The molecular formula is C19H23N3O3. The van der Waals surface area contributed by atoms with Gasteiger partial charge in [-0.3, -0.25) is 9.48 Å². The quantitative estimate of drug-likeness (QED) is 0.904. The molecule has 1 amide bonds. The third-order valence-electron chi connectivity index (χ3n) is 5.14. The Balaban J connectivity index is 1.54. The summed E-state index contributed by atoms with van der Waals surface area (Å²) in [5, 5.41) is 7.25. The zero-order valence-electron chi connectivity index (χ0n) is 14.9. The number of anilines is 1. The van der Waals surface area contributed by atoms with E-state index in [0.717, 1.165) is 42.8 Å².